The standard InChI is InChI=1S/C10H12O3/c1-2-12-10(11)6-7-5-8-3-4-9(7)13-8/h3-4,6,8-9H,2,5H2,1H3/b7-6+/t8-,9+/m0/s1. The maximum atomic E-state index is 11.1. The second-order valence-corrected chi connectivity index (χ2v) is 3.16. The smallest absolute Gasteiger partial charge is 0.330 e. The van der Waals surface area contributed by atoms with Gasteiger partial charge in [0.1, 0.15) is 0 Å². The molecular weight excluding hydrogens is 168 g/mol. The second kappa shape index (κ2) is 3.34. The van der Waals surface area contributed by atoms with Gasteiger partial charge in [-0.15, -0.1) is 0 Å². The van der Waals surface area contributed by atoms with Crippen molar-refractivity contribution in [2.24, 2.45) is 0 Å². The summed E-state index contributed by atoms with van der Waals surface area (Å²) < 4.78 is 10.3. The van der Waals surface area contributed by atoms with E-state index in [2.05, 4.69) is 0 Å². The van der Waals surface area contributed by atoms with E-state index >= 15 is 0 Å². The molecule has 0 aromatic heterocycles. The lowest BCUT2D eigenvalue weighted by Gasteiger charge is -2.04. The molecule has 1 saturated heterocycles. The molecule has 3 nitrogen and oxygen atoms in total. The van der Waals surface area contributed by atoms with Gasteiger partial charge in [-0.25, -0.2) is 4.79 Å². The van der Waals surface area contributed by atoms with Crippen molar-refractivity contribution in [1.82, 2.24) is 0 Å². The fourth-order valence-electron chi connectivity index (χ4n) is 1.66. The minimum absolute atomic E-state index is 0.0226. The fraction of sp³-hybridized carbons (Fsp3) is 0.500. The molecule has 0 unspecified atom stereocenters. The third-order valence-corrected chi connectivity index (χ3v) is 2.21. The number of esters is 1. The Bertz CT molecular complexity index is 278. The van der Waals surface area contributed by atoms with E-state index in [0.29, 0.717) is 6.61 Å². The Morgan fingerprint density at radius 1 is 1.77 bits per heavy atom. The molecule has 0 spiro atoms. The van der Waals surface area contributed by atoms with E-state index in [9.17, 15) is 4.79 Å². The normalized spacial score (nSPS) is 32.8. The molecule has 0 aromatic carbocycles. The second-order valence-electron chi connectivity index (χ2n) is 3.16. The highest BCUT2D eigenvalue weighted by Gasteiger charge is 2.32. The van der Waals surface area contributed by atoms with Crippen molar-refractivity contribution in [3.63, 3.8) is 0 Å². The van der Waals surface area contributed by atoms with Crippen LogP contribution >= 0.6 is 0 Å². The van der Waals surface area contributed by atoms with Gasteiger partial charge in [0.05, 0.1) is 18.8 Å². The van der Waals surface area contributed by atoms with E-state index in [1.807, 2.05) is 12.2 Å². The molecule has 70 valence electrons. The van der Waals surface area contributed by atoms with Gasteiger partial charge in [-0.2, -0.15) is 0 Å². The Morgan fingerprint density at radius 2 is 2.62 bits per heavy atom. The van der Waals surface area contributed by atoms with Crippen molar-refractivity contribution in [1.29, 1.82) is 0 Å². The van der Waals surface area contributed by atoms with Gasteiger partial charge in [-0.3, -0.25) is 0 Å². The van der Waals surface area contributed by atoms with Crippen LogP contribution in [0.1, 0.15) is 13.3 Å². The Kier molecular flexibility index (Phi) is 2.19. The zero-order valence-electron chi connectivity index (χ0n) is 7.53. The average molecular weight is 180 g/mol. The van der Waals surface area contributed by atoms with E-state index in [0.717, 1.165) is 12.0 Å². The minimum atomic E-state index is -0.262. The summed E-state index contributed by atoms with van der Waals surface area (Å²) in [6.07, 6.45) is 6.62. The molecular formula is C10H12O3. The molecule has 0 radical (unpaired) electrons. The minimum Gasteiger partial charge on any atom is -0.463 e. The zero-order chi connectivity index (χ0) is 9.26. The number of rotatable bonds is 2. The third-order valence-electron chi connectivity index (χ3n) is 2.21. The monoisotopic (exact) mass is 180 g/mol. The predicted molar refractivity (Wildman–Crippen MR) is 47.1 cm³/mol. The number of carbonyl (C=O) groups excluding carboxylic acids is 1. The summed E-state index contributed by atoms with van der Waals surface area (Å²) >= 11 is 0. The lowest BCUT2D eigenvalue weighted by atomic mass is 10.0. The predicted octanol–water partition coefficient (Wildman–Crippen LogP) is 1.20. The van der Waals surface area contributed by atoms with Crippen molar-refractivity contribution in [3.8, 4) is 0 Å². The van der Waals surface area contributed by atoms with Gasteiger partial charge in [-0.1, -0.05) is 12.2 Å². The number of ether oxygens (including phenoxy) is 2. The summed E-state index contributed by atoms with van der Waals surface area (Å²) in [4.78, 5) is 11.1. The molecule has 13 heavy (non-hydrogen) atoms. The SMILES string of the molecule is CCOC(=O)/C=C1\C[C@@H]2C=C[C@H]1O2. The summed E-state index contributed by atoms with van der Waals surface area (Å²) in [5, 5.41) is 0. The van der Waals surface area contributed by atoms with Gasteiger partial charge in [0.15, 0.2) is 0 Å². The Balaban J connectivity index is 2.02. The lowest BCUT2D eigenvalue weighted by Crippen LogP contribution is -2.06. The van der Waals surface area contributed by atoms with Gasteiger partial charge >= 0.3 is 5.97 Å². The van der Waals surface area contributed by atoms with E-state index < -0.39 is 0 Å². The van der Waals surface area contributed by atoms with Gasteiger partial charge in [0, 0.05) is 12.5 Å². The van der Waals surface area contributed by atoms with Crippen LogP contribution in [0.5, 0.6) is 0 Å². The first-order valence-corrected chi connectivity index (χ1v) is 4.50. The van der Waals surface area contributed by atoms with Gasteiger partial charge in [-0.05, 0) is 12.5 Å². The molecule has 0 N–H and O–H groups in total. The van der Waals surface area contributed by atoms with Crippen LogP contribution in [0, 0.1) is 0 Å². The van der Waals surface area contributed by atoms with Gasteiger partial charge in [0.25, 0.3) is 0 Å². The Morgan fingerprint density at radius 3 is 3.15 bits per heavy atom. The highest BCUT2D eigenvalue weighted by atomic mass is 16.5. The van der Waals surface area contributed by atoms with Crippen LogP contribution in [0.4, 0.5) is 0 Å². The molecule has 2 aliphatic rings. The average Bonchev–Trinajstić information content (AvgIpc) is 2.65. The van der Waals surface area contributed by atoms with Crippen LogP contribution in [0.2, 0.25) is 0 Å². The number of hydrogen-bond acceptors (Lipinski definition) is 3. The van der Waals surface area contributed by atoms with Crippen molar-refractivity contribution >= 4 is 5.97 Å². The van der Waals surface area contributed by atoms with E-state index in [1.54, 1.807) is 13.0 Å². The summed E-state index contributed by atoms with van der Waals surface area (Å²) in [5.74, 6) is -0.262. The zero-order valence-corrected chi connectivity index (χ0v) is 7.53. The number of fused-ring (bicyclic) bond motifs is 2. The largest absolute Gasteiger partial charge is 0.463 e. The molecule has 2 atom stereocenters. The van der Waals surface area contributed by atoms with Crippen molar-refractivity contribution in [3.05, 3.63) is 23.8 Å². The van der Waals surface area contributed by atoms with Crippen LogP contribution in [0.15, 0.2) is 23.8 Å². The molecule has 0 aromatic rings. The molecule has 2 aliphatic heterocycles. The Hall–Kier alpha value is -1.09. The van der Waals surface area contributed by atoms with Crippen LogP contribution in [0.3, 0.4) is 0 Å². The lowest BCUT2D eigenvalue weighted by molar-refractivity contribution is -0.137. The van der Waals surface area contributed by atoms with E-state index in [4.69, 9.17) is 9.47 Å². The molecule has 0 aliphatic carbocycles. The third kappa shape index (κ3) is 1.65. The molecule has 2 heterocycles. The van der Waals surface area contributed by atoms with Gasteiger partial charge < -0.3 is 9.47 Å². The summed E-state index contributed by atoms with van der Waals surface area (Å²) in [6.45, 7) is 2.22. The van der Waals surface area contributed by atoms with Crippen LogP contribution < -0.4 is 0 Å². The summed E-state index contributed by atoms with van der Waals surface area (Å²) in [5.41, 5.74) is 1.03. The number of hydrogen-bond donors (Lipinski definition) is 0. The molecule has 2 rings (SSSR count). The van der Waals surface area contributed by atoms with E-state index in [1.165, 1.54) is 0 Å². The Labute approximate surface area is 77.0 Å². The molecule has 2 bridgehead atoms. The summed E-state index contributed by atoms with van der Waals surface area (Å²) in [6, 6.07) is 0. The van der Waals surface area contributed by atoms with E-state index in [-0.39, 0.29) is 18.2 Å². The fourth-order valence-corrected chi connectivity index (χ4v) is 1.66. The topological polar surface area (TPSA) is 35.5 Å². The molecule has 0 amide bonds. The highest BCUT2D eigenvalue weighted by Crippen LogP contribution is 2.32. The highest BCUT2D eigenvalue weighted by molar-refractivity contribution is 5.83. The van der Waals surface area contributed by atoms with Gasteiger partial charge in [0.2, 0.25) is 0 Å². The maximum absolute atomic E-state index is 11.1. The maximum Gasteiger partial charge on any atom is 0.330 e. The van der Waals surface area contributed by atoms with Crippen LogP contribution in [-0.2, 0) is 14.3 Å². The first kappa shape index (κ1) is 8.51. The summed E-state index contributed by atoms with van der Waals surface area (Å²) in [7, 11) is 0. The molecule has 0 saturated carbocycles. The first-order valence-electron chi connectivity index (χ1n) is 4.50. The van der Waals surface area contributed by atoms with Crippen molar-refractivity contribution in [2.75, 3.05) is 6.61 Å². The van der Waals surface area contributed by atoms with Crippen LogP contribution in [0.25, 0.3) is 0 Å². The van der Waals surface area contributed by atoms with Crippen molar-refractivity contribution in [2.45, 2.75) is 25.6 Å². The van der Waals surface area contributed by atoms with Crippen molar-refractivity contribution < 1.29 is 14.3 Å². The number of carbonyl (C=O) groups is 1. The quantitative estimate of drug-likeness (QED) is 0.364. The molecule has 1 fully saturated rings. The first-order chi connectivity index (χ1) is 6.29. The molecule has 3 heteroatoms. The van der Waals surface area contributed by atoms with Crippen LogP contribution in [-0.4, -0.2) is 24.8 Å².